The summed E-state index contributed by atoms with van der Waals surface area (Å²) in [4.78, 5) is 36.7. The summed E-state index contributed by atoms with van der Waals surface area (Å²) in [6.07, 6.45) is 10.0. The third-order valence-corrected chi connectivity index (χ3v) is 8.61. The molecule has 2 amide bonds. The van der Waals surface area contributed by atoms with Gasteiger partial charge >= 0.3 is 0 Å². The summed E-state index contributed by atoms with van der Waals surface area (Å²) >= 11 is 0. The summed E-state index contributed by atoms with van der Waals surface area (Å²) in [6.45, 7) is 4.21. The van der Waals surface area contributed by atoms with Crippen LogP contribution < -0.4 is 16.0 Å². The zero-order chi connectivity index (χ0) is 30.0. The molecule has 226 valence electrons. The standard InChI is InChI=1S/C35H44N6O2/c1-25(30-14-7-10-27-9-3-6-13-31(27)30)39-35(43)32(15-8-22-41(2)29-11-4-5-12-29)40-34(42)28-18-16-26(17-19-28)23-36-24-33-37-20-21-38-33/h3,6-7,9-10,13-14,16-21,25,29,32,36H,4-5,8,11-12,15,22-24H2,1-2H3,(H,37,38)(H,39,43)(H,40,42)/t25?,32-/m0/s1. The minimum atomic E-state index is -0.628. The number of nitrogens with one attached hydrogen (secondary N) is 4. The van der Waals surface area contributed by atoms with Gasteiger partial charge in [0.2, 0.25) is 5.91 Å². The van der Waals surface area contributed by atoms with Crippen LogP contribution in [0.1, 0.15) is 78.8 Å². The van der Waals surface area contributed by atoms with Gasteiger partial charge in [0, 0.05) is 30.5 Å². The minimum absolute atomic E-state index is 0.156. The topological polar surface area (TPSA) is 102 Å². The molecule has 0 saturated heterocycles. The highest BCUT2D eigenvalue weighted by molar-refractivity contribution is 5.97. The maximum Gasteiger partial charge on any atom is 0.251 e. The summed E-state index contributed by atoms with van der Waals surface area (Å²) in [6, 6.07) is 21.7. The lowest BCUT2D eigenvalue weighted by Gasteiger charge is -2.26. The van der Waals surface area contributed by atoms with Crippen molar-refractivity contribution < 1.29 is 9.59 Å². The Morgan fingerprint density at radius 2 is 1.74 bits per heavy atom. The molecule has 43 heavy (non-hydrogen) atoms. The number of imidazole rings is 1. The number of nitrogens with zero attached hydrogens (tertiary/aromatic N) is 2. The van der Waals surface area contributed by atoms with Gasteiger partial charge in [-0.15, -0.1) is 0 Å². The first-order valence-corrected chi connectivity index (χ1v) is 15.5. The first kappa shape index (κ1) is 30.4. The van der Waals surface area contributed by atoms with Gasteiger partial charge in [-0.05, 0) is 80.2 Å². The van der Waals surface area contributed by atoms with Crippen molar-refractivity contribution in [2.24, 2.45) is 0 Å². The quantitative estimate of drug-likeness (QED) is 0.158. The monoisotopic (exact) mass is 580 g/mol. The molecule has 1 aliphatic rings. The molecule has 4 aromatic rings. The Morgan fingerprint density at radius 1 is 0.977 bits per heavy atom. The van der Waals surface area contributed by atoms with E-state index >= 15 is 0 Å². The van der Waals surface area contributed by atoms with Crippen molar-refractivity contribution in [3.8, 4) is 0 Å². The second kappa shape index (κ2) is 14.9. The summed E-state index contributed by atoms with van der Waals surface area (Å²) in [5.74, 6) is 0.484. The molecule has 0 spiro atoms. The fourth-order valence-electron chi connectivity index (χ4n) is 6.10. The largest absolute Gasteiger partial charge is 0.348 e. The zero-order valence-corrected chi connectivity index (χ0v) is 25.3. The van der Waals surface area contributed by atoms with Gasteiger partial charge < -0.3 is 25.8 Å². The van der Waals surface area contributed by atoms with Crippen LogP contribution in [0.15, 0.2) is 79.1 Å². The number of fused-ring (bicyclic) bond motifs is 1. The predicted molar refractivity (Wildman–Crippen MR) is 171 cm³/mol. The van der Waals surface area contributed by atoms with E-state index in [9.17, 15) is 9.59 Å². The minimum Gasteiger partial charge on any atom is -0.348 e. The molecule has 0 aliphatic heterocycles. The van der Waals surface area contributed by atoms with E-state index < -0.39 is 6.04 Å². The normalized spacial score (nSPS) is 15.0. The van der Waals surface area contributed by atoms with Crippen molar-refractivity contribution in [3.63, 3.8) is 0 Å². The maximum absolute atomic E-state index is 13.7. The van der Waals surface area contributed by atoms with E-state index in [2.05, 4.69) is 62.1 Å². The van der Waals surface area contributed by atoms with Crippen LogP contribution in [-0.2, 0) is 17.9 Å². The van der Waals surface area contributed by atoms with E-state index in [1.807, 2.05) is 49.4 Å². The number of H-pyrrole nitrogens is 1. The van der Waals surface area contributed by atoms with Crippen LogP contribution in [0.5, 0.6) is 0 Å². The third-order valence-electron chi connectivity index (χ3n) is 8.61. The smallest absolute Gasteiger partial charge is 0.251 e. The molecule has 2 atom stereocenters. The number of benzene rings is 3. The van der Waals surface area contributed by atoms with E-state index in [-0.39, 0.29) is 17.9 Å². The third kappa shape index (κ3) is 8.30. The first-order valence-electron chi connectivity index (χ1n) is 15.5. The number of amides is 2. The molecular formula is C35H44N6O2. The summed E-state index contributed by atoms with van der Waals surface area (Å²) in [7, 11) is 2.18. The van der Waals surface area contributed by atoms with Crippen molar-refractivity contribution in [2.75, 3.05) is 13.6 Å². The van der Waals surface area contributed by atoms with E-state index in [0.29, 0.717) is 31.1 Å². The summed E-state index contributed by atoms with van der Waals surface area (Å²) < 4.78 is 0. The molecular weight excluding hydrogens is 536 g/mol. The van der Waals surface area contributed by atoms with Gasteiger partial charge in [-0.1, -0.05) is 67.4 Å². The van der Waals surface area contributed by atoms with Crippen LogP contribution in [0.2, 0.25) is 0 Å². The molecule has 5 rings (SSSR count). The van der Waals surface area contributed by atoms with Crippen LogP contribution in [0.4, 0.5) is 0 Å². The molecule has 8 nitrogen and oxygen atoms in total. The van der Waals surface area contributed by atoms with Gasteiger partial charge in [-0.2, -0.15) is 0 Å². The van der Waals surface area contributed by atoms with Gasteiger partial charge in [-0.3, -0.25) is 9.59 Å². The highest BCUT2D eigenvalue weighted by atomic mass is 16.2. The van der Waals surface area contributed by atoms with E-state index in [1.165, 1.54) is 25.7 Å². The SMILES string of the molecule is CC(NC(=O)[C@H](CCCN(C)C1CCCC1)NC(=O)c1ccc(CNCc2ncc[nH]2)cc1)c1cccc2ccccc12. The highest BCUT2D eigenvalue weighted by Crippen LogP contribution is 2.25. The summed E-state index contributed by atoms with van der Waals surface area (Å²) in [5.41, 5.74) is 2.67. The Balaban J connectivity index is 1.22. The average Bonchev–Trinajstić information content (AvgIpc) is 3.76. The second-order valence-corrected chi connectivity index (χ2v) is 11.7. The fraction of sp³-hybridized carbons (Fsp3) is 0.400. The molecule has 0 bridgehead atoms. The molecule has 0 radical (unpaired) electrons. The Morgan fingerprint density at radius 3 is 2.51 bits per heavy atom. The van der Waals surface area contributed by atoms with Gasteiger partial charge in [0.1, 0.15) is 11.9 Å². The van der Waals surface area contributed by atoms with E-state index in [4.69, 9.17) is 0 Å². The first-order chi connectivity index (χ1) is 21.0. The van der Waals surface area contributed by atoms with Crippen molar-refractivity contribution in [2.45, 2.75) is 76.7 Å². The van der Waals surface area contributed by atoms with E-state index in [1.54, 1.807) is 12.4 Å². The maximum atomic E-state index is 13.7. The molecule has 1 fully saturated rings. The fourth-order valence-corrected chi connectivity index (χ4v) is 6.10. The predicted octanol–water partition coefficient (Wildman–Crippen LogP) is 5.48. The lowest BCUT2D eigenvalue weighted by molar-refractivity contribution is -0.123. The van der Waals surface area contributed by atoms with Crippen LogP contribution in [0, 0.1) is 0 Å². The molecule has 3 aromatic carbocycles. The molecule has 1 heterocycles. The van der Waals surface area contributed by atoms with Crippen LogP contribution >= 0.6 is 0 Å². The number of hydrogen-bond acceptors (Lipinski definition) is 5. The molecule has 1 unspecified atom stereocenters. The molecule has 8 heteroatoms. The molecule has 1 aliphatic carbocycles. The number of aromatic amines is 1. The van der Waals surface area contributed by atoms with Gasteiger partial charge in [0.25, 0.3) is 5.91 Å². The van der Waals surface area contributed by atoms with E-state index in [0.717, 1.165) is 40.7 Å². The Hall–Kier alpha value is -4.01. The lowest BCUT2D eigenvalue weighted by atomic mass is 9.99. The highest BCUT2D eigenvalue weighted by Gasteiger charge is 2.25. The Kier molecular flexibility index (Phi) is 10.6. The molecule has 1 aromatic heterocycles. The van der Waals surface area contributed by atoms with Crippen molar-refractivity contribution in [1.29, 1.82) is 0 Å². The Bertz CT molecular complexity index is 1460. The number of hydrogen-bond donors (Lipinski definition) is 4. The lowest BCUT2D eigenvalue weighted by Crippen LogP contribution is -2.47. The van der Waals surface area contributed by atoms with Gasteiger partial charge in [0.15, 0.2) is 0 Å². The number of aromatic nitrogens is 2. The van der Waals surface area contributed by atoms with Crippen LogP contribution in [0.25, 0.3) is 10.8 Å². The average molecular weight is 581 g/mol. The van der Waals surface area contributed by atoms with Crippen LogP contribution in [0.3, 0.4) is 0 Å². The van der Waals surface area contributed by atoms with Gasteiger partial charge in [-0.25, -0.2) is 4.98 Å². The van der Waals surface area contributed by atoms with Gasteiger partial charge in [0.05, 0.1) is 12.6 Å². The second-order valence-electron chi connectivity index (χ2n) is 11.7. The number of carbonyl (C=O) groups excluding carboxylic acids is 2. The van der Waals surface area contributed by atoms with Crippen molar-refractivity contribution >= 4 is 22.6 Å². The molecule has 4 N–H and O–H groups in total. The van der Waals surface area contributed by atoms with Crippen LogP contribution in [-0.4, -0.2) is 52.4 Å². The summed E-state index contributed by atoms with van der Waals surface area (Å²) in [5, 5.41) is 11.9. The zero-order valence-electron chi connectivity index (χ0n) is 25.3. The number of carbonyl (C=O) groups is 2. The van der Waals surface area contributed by atoms with Crippen molar-refractivity contribution in [3.05, 3.63) is 102 Å². The van der Waals surface area contributed by atoms with Crippen molar-refractivity contribution in [1.82, 2.24) is 30.8 Å². The number of rotatable bonds is 14. The molecule has 1 saturated carbocycles. The Labute approximate surface area is 254 Å².